The lowest BCUT2D eigenvalue weighted by molar-refractivity contribution is -0.632. The van der Waals surface area contributed by atoms with Crippen LogP contribution in [0.25, 0.3) is 17.0 Å². The monoisotopic (exact) mass is 386 g/mol. The van der Waals surface area contributed by atoms with Crippen LogP contribution >= 0.6 is 0 Å². The van der Waals surface area contributed by atoms with E-state index in [9.17, 15) is 0 Å². The van der Waals surface area contributed by atoms with E-state index in [0.717, 1.165) is 30.4 Å². The number of hydrogen-bond acceptors (Lipinski definition) is 3. The van der Waals surface area contributed by atoms with Gasteiger partial charge < -0.3 is 9.64 Å². The molecule has 1 aliphatic rings. The predicted octanol–water partition coefficient (Wildman–Crippen LogP) is 4.89. The van der Waals surface area contributed by atoms with Crippen molar-refractivity contribution in [1.29, 1.82) is 0 Å². The van der Waals surface area contributed by atoms with E-state index in [0.29, 0.717) is 0 Å². The number of rotatable bonds is 5. The highest BCUT2D eigenvalue weighted by atomic mass is 16.5. The van der Waals surface area contributed by atoms with Crippen molar-refractivity contribution in [3.8, 4) is 5.75 Å². The molecular formula is C25H28N3O+. The molecule has 2 heterocycles. The molecule has 0 bridgehead atoms. The Kier molecular flexibility index (Phi) is 5.26. The number of anilines is 2. The van der Waals surface area contributed by atoms with Gasteiger partial charge in [-0.1, -0.05) is 42.5 Å². The molecule has 2 aromatic carbocycles. The number of nitrogens with zero attached hydrogens (tertiary/aromatic N) is 3. The molecule has 1 aromatic heterocycles. The number of aromatic nitrogens is 1. The van der Waals surface area contributed by atoms with Gasteiger partial charge in [-0.3, -0.25) is 4.90 Å². The van der Waals surface area contributed by atoms with Gasteiger partial charge in [-0.15, -0.1) is 0 Å². The van der Waals surface area contributed by atoms with Gasteiger partial charge in [-0.05, 0) is 43.7 Å². The lowest BCUT2D eigenvalue weighted by Crippen LogP contribution is -2.40. The molecule has 0 N–H and O–H groups in total. The van der Waals surface area contributed by atoms with Gasteiger partial charge in [-0.25, -0.2) is 4.57 Å². The second-order valence-corrected chi connectivity index (χ2v) is 7.20. The predicted molar refractivity (Wildman–Crippen MR) is 121 cm³/mol. The van der Waals surface area contributed by atoms with Crippen molar-refractivity contribution in [1.82, 2.24) is 0 Å². The molecule has 0 saturated carbocycles. The first-order valence-corrected chi connectivity index (χ1v) is 10.2. The molecule has 0 unspecified atom stereocenters. The molecule has 0 atom stereocenters. The van der Waals surface area contributed by atoms with Crippen LogP contribution in [0.15, 0.2) is 72.6 Å². The number of allylic oxidation sites excluding steroid dienone is 2. The van der Waals surface area contributed by atoms with Gasteiger partial charge in [0, 0.05) is 18.5 Å². The number of pyridine rings is 1. The standard InChI is InChI=1S/C25H28N3O/c1-5-28(6-2)24-18-19(20-13-7-8-14-21(20)26(24)3)12-11-17-25-27(4)22-15-9-10-16-23(22)29-25/h7-18H,5-6H2,1-4H3/q+1. The second-order valence-electron chi connectivity index (χ2n) is 7.20. The summed E-state index contributed by atoms with van der Waals surface area (Å²) in [4.78, 5) is 4.46. The smallest absolute Gasteiger partial charge is 0.277 e. The first kappa shape index (κ1) is 19.1. The quantitative estimate of drug-likeness (QED) is 0.582. The highest BCUT2D eigenvalue weighted by Gasteiger charge is 2.21. The van der Waals surface area contributed by atoms with E-state index in [1.807, 2.05) is 31.3 Å². The van der Waals surface area contributed by atoms with Crippen molar-refractivity contribution in [3.05, 3.63) is 78.2 Å². The van der Waals surface area contributed by atoms with Gasteiger partial charge >= 0.3 is 0 Å². The third-order valence-electron chi connectivity index (χ3n) is 5.58. The highest BCUT2D eigenvalue weighted by molar-refractivity contribution is 5.87. The molecule has 0 amide bonds. The molecule has 4 rings (SSSR count). The fourth-order valence-corrected chi connectivity index (χ4v) is 3.94. The van der Waals surface area contributed by atoms with Gasteiger partial charge in [0.15, 0.2) is 11.6 Å². The van der Waals surface area contributed by atoms with Gasteiger partial charge in [0.25, 0.3) is 5.82 Å². The zero-order chi connectivity index (χ0) is 20.4. The van der Waals surface area contributed by atoms with Crippen LogP contribution in [0.1, 0.15) is 19.4 Å². The average molecular weight is 387 g/mol. The summed E-state index contributed by atoms with van der Waals surface area (Å²) in [5.74, 6) is 2.95. The molecule has 1 aliphatic heterocycles. The summed E-state index contributed by atoms with van der Waals surface area (Å²) in [7, 11) is 4.17. The first-order chi connectivity index (χ1) is 14.1. The Morgan fingerprint density at radius 2 is 1.76 bits per heavy atom. The van der Waals surface area contributed by atoms with Crippen molar-refractivity contribution >= 4 is 28.5 Å². The number of ether oxygens (including phenoxy) is 1. The minimum Gasteiger partial charge on any atom is -0.439 e. The molecule has 3 aromatic rings. The summed E-state index contributed by atoms with van der Waals surface area (Å²) in [5.41, 5.74) is 3.52. The fraction of sp³-hybridized carbons (Fsp3) is 0.240. The van der Waals surface area contributed by atoms with Crippen molar-refractivity contribution in [3.63, 3.8) is 0 Å². The molecule has 4 heteroatoms. The van der Waals surface area contributed by atoms with Crippen LogP contribution in [-0.2, 0) is 7.05 Å². The van der Waals surface area contributed by atoms with Crippen LogP contribution in [0.3, 0.4) is 0 Å². The SMILES string of the molecule is CCN(CC)c1cc(/C=C/C=C2/Oc3ccccc3N2C)c2ccccc2[n+]1C. The number of hydrogen-bond donors (Lipinski definition) is 0. The van der Waals surface area contributed by atoms with Crippen molar-refractivity contribution in [2.24, 2.45) is 7.05 Å². The second kappa shape index (κ2) is 8.00. The first-order valence-electron chi connectivity index (χ1n) is 10.2. The van der Waals surface area contributed by atoms with Crippen molar-refractivity contribution in [2.75, 3.05) is 29.9 Å². The van der Waals surface area contributed by atoms with E-state index in [-0.39, 0.29) is 0 Å². The van der Waals surface area contributed by atoms with E-state index in [1.54, 1.807) is 0 Å². The van der Waals surface area contributed by atoms with Crippen LogP contribution in [0, 0.1) is 0 Å². The van der Waals surface area contributed by atoms with Crippen LogP contribution in [-0.4, -0.2) is 20.1 Å². The molecule has 0 radical (unpaired) electrons. The molecule has 29 heavy (non-hydrogen) atoms. The van der Waals surface area contributed by atoms with E-state index < -0.39 is 0 Å². The Labute approximate surface area is 172 Å². The molecular weight excluding hydrogens is 358 g/mol. The van der Waals surface area contributed by atoms with Gasteiger partial charge in [0.05, 0.1) is 25.8 Å². The minimum atomic E-state index is 0.831. The highest BCUT2D eigenvalue weighted by Crippen LogP contribution is 2.37. The van der Waals surface area contributed by atoms with Crippen LogP contribution < -0.4 is 19.1 Å². The number of para-hydroxylation sites is 3. The molecule has 0 aliphatic carbocycles. The topological polar surface area (TPSA) is 19.6 Å². The molecule has 4 nitrogen and oxygen atoms in total. The maximum absolute atomic E-state index is 5.98. The molecule has 148 valence electrons. The van der Waals surface area contributed by atoms with Crippen molar-refractivity contribution in [2.45, 2.75) is 13.8 Å². The zero-order valence-electron chi connectivity index (χ0n) is 17.6. The van der Waals surface area contributed by atoms with Crippen LogP contribution in [0.4, 0.5) is 11.5 Å². The number of benzene rings is 2. The summed E-state index contributed by atoms with van der Waals surface area (Å²) >= 11 is 0. The lowest BCUT2D eigenvalue weighted by atomic mass is 10.1. The summed E-state index contributed by atoms with van der Waals surface area (Å²) in [6.07, 6.45) is 6.27. The summed E-state index contributed by atoms with van der Waals surface area (Å²) < 4.78 is 8.26. The van der Waals surface area contributed by atoms with E-state index in [1.165, 1.54) is 22.3 Å². The van der Waals surface area contributed by atoms with Crippen LogP contribution in [0.2, 0.25) is 0 Å². The molecule has 0 fully saturated rings. The van der Waals surface area contributed by atoms with Crippen molar-refractivity contribution < 1.29 is 9.30 Å². The Bertz CT molecular complexity index is 1100. The Balaban J connectivity index is 1.72. The maximum atomic E-state index is 5.98. The lowest BCUT2D eigenvalue weighted by Gasteiger charge is -2.17. The summed E-state index contributed by atoms with van der Waals surface area (Å²) in [6.45, 7) is 6.35. The number of fused-ring (bicyclic) bond motifs is 2. The Morgan fingerprint density at radius 1 is 1.03 bits per heavy atom. The van der Waals surface area contributed by atoms with Gasteiger partial charge in [0.1, 0.15) is 5.52 Å². The van der Waals surface area contributed by atoms with E-state index in [4.69, 9.17) is 4.74 Å². The maximum Gasteiger partial charge on any atom is 0.277 e. The average Bonchev–Trinajstić information content (AvgIpc) is 3.07. The largest absolute Gasteiger partial charge is 0.439 e. The Hall–Kier alpha value is -3.27. The minimum absolute atomic E-state index is 0.831. The third-order valence-corrected chi connectivity index (χ3v) is 5.58. The zero-order valence-corrected chi connectivity index (χ0v) is 17.6. The van der Waals surface area contributed by atoms with Crippen LogP contribution in [0.5, 0.6) is 5.75 Å². The van der Waals surface area contributed by atoms with E-state index >= 15 is 0 Å². The third kappa shape index (κ3) is 3.46. The number of aryl methyl sites for hydroxylation is 1. The fourth-order valence-electron chi connectivity index (χ4n) is 3.94. The normalized spacial score (nSPS) is 14.6. The summed E-state index contributed by atoms with van der Waals surface area (Å²) in [6, 6.07) is 18.9. The van der Waals surface area contributed by atoms with Gasteiger partial charge in [-0.2, -0.15) is 0 Å². The molecule has 0 spiro atoms. The summed E-state index contributed by atoms with van der Waals surface area (Å²) in [5, 5.41) is 1.24. The molecule has 0 saturated heterocycles. The van der Waals surface area contributed by atoms with Gasteiger partial charge in [0.2, 0.25) is 0 Å². The Morgan fingerprint density at radius 3 is 2.52 bits per heavy atom. The van der Waals surface area contributed by atoms with E-state index in [2.05, 4.69) is 83.8 Å².